The van der Waals surface area contributed by atoms with Crippen molar-refractivity contribution in [3.63, 3.8) is 0 Å². The van der Waals surface area contributed by atoms with Gasteiger partial charge in [-0.1, -0.05) is 0 Å². The summed E-state index contributed by atoms with van der Waals surface area (Å²) in [5.41, 5.74) is 0. The standard InChI is InChI=1S/C12H22N2O3/c1-8(15)7-11-5-4-6-14(11)12(17)9(2)13-10(3)16/h8-9,11,15H,4-7H2,1-3H3,(H,13,16). The molecule has 3 unspecified atom stereocenters. The van der Waals surface area contributed by atoms with Crippen molar-refractivity contribution in [1.29, 1.82) is 0 Å². The highest BCUT2D eigenvalue weighted by Gasteiger charge is 2.32. The van der Waals surface area contributed by atoms with Crippen molar-refractivity contribution < 1.29 is 14.7 Å². The van der Waals surface area contributed by atoms with Crippen molar-refractivity contribution in [2.45, 2.75) is 58.2 Å². The first kappa shape index (κ1) is 14.0. The Morgan fingerprint density at radius 1 is 1.47 bits per heavy atom. The molecule has 3 atom stereocenters. The number of nitrogens with one attached hydrogen (secondary N) is 1. The van der Waals surface area contributed by atoms with Crippen LogP contribution < -0.4 is 5.32 Å². The molecule has 0 spiro atoms. The molecule has 1 aliphatic rings. The van der Waals surface area contributed by atoms with Gasteiger partial charge in [-0.25, -0.2) is 0 Å². The van der Waals surface area contributed by atoms with Crippen LogP contribution in [0.3, 0.4) is 0 Å². The van der Waals surface area contributed by atoms with Crippen molar-refractivity contribution in [3.05, 3.63) is 0 Å². The maximum absolute atomic E-state index is 12.1. The quantitative estimate of drug-likeness (QED) is 0.743. The molecular formula is C12H22N2O3. The lowest BCUT2D eigenvalue weighted by molar-refractivity contribution is -0.136. The van der Waals surface area contributed by atoms with Crippen LogP contribution in [0.5, 0.6) is 0 Å². The number of hydrogen-bond acceptors (Lipinski definition) is 3. The molecule has 98 valence electrons. The van der Waals surface area contributed by atoms with E-state index < -0.39 is 12.1 Å². The second-order valence-electron chi connectivity index (χ2n) is 4.83. The van der Waals surface area contributed by atoms with Crippen LogP contribution >= 0.6 is 0 Å². The average molecular weight is 242 g/mol. The van der Waals surface area contributed by atoms with E-state index in [1.54, 1.807) is 18.7 Å². The zero-order chi connectivity index (χ0) is 13.0. The lowest BCUT2D eigenvalue weighted by Gasteiger charge is -2.28. The van der Waals surface area contributed by atoms with E-state index in [0.717, 1.165) is 19.4 Å². The first-order valence-corrected chi connectivity index (χ1v) is 6.17. The average Bonchev–Trinajstić information content (AvgIpc) is 2.62. The van der Waals surface area contributed by atoms with Crippen LogP contribution in [0.25, 0.3) is 0 Å². The van der Waals surface area contributed by atoms with Gasteiger partial charge in [0.1, 0.15) is 6.04 Å². The third kappa shape index (κ3) is 4.00. The van der Waals surface area contributed by atoms with Crippen molar-refractivity contribution in [2.24, 2.45) is 0 Å². The maximum atomic E-state index is 12.1. The molecule has 0 aromatic heterocycles. The van der Waals surface area contributed by atoms with Gasteiger partial charge in [-0.2, -0.15) is 0 Å². The number of nitrogens with zero attached hydrogens (tertiary/aromatic N) is 1. The van der Waals surface area contributed by atoms with Crippen LogP contribution in [0.15, 0.2) is 0 Å². The Bertz CT molecular complexity index is 291. The van der Waals surface area contributed by atoms with E-state index in [1.807, 2.05) is 0 Å². The van der Waals surface area contributed by atoms with Gasteiger partial charge >= 0.3 is 0 Å². The lowest BCUT2D eigenvalue weighted by Crippen LogP contribution is -2.48. The number of hydrogen-bond donors (Lipinski definition) is 2. The largest absolute Gasteiger partial charge is 0.393 e. The molecule has 1 saturated heterocycles. The van der Waals surface area contributed by atoms with Crippen LogP contribution in [0, 0.1) is 0 Å². The molecule has 1 aliphatic heterocycles. The fourth-order valence-corrected chi connectivity index (χ4v) is 2.38. The number of aliphatic hydroxyl groups excluding tert-OH is 1. The molecule has 5 nitrogen and oxygen atoms in total. The fraction of sp³-hybridized carbons (Fsp3) is 0.833. The molecule has 2 amide bonds. The van der Waals surface area contributed by atoms with Crippen LogP contribution in [-0.2, 0) is 9.59 Å². The van der Waals surface area contributed by atoms with Gasteiger partial charge < -0.3 is 15.3 Å². The first-order valence-electron chi connectivity index (χ1n) is 6.17. The smallest absolute Gasteiger partial charge is 0.245 e. The van der Waals surface area contributed by atoms with E-state index in [0.29, 0.717) is 6.42 Å². The van der Waals surface area contributed by atoms with Gasteiger partial charge in [-0.05, 0) is 33.1 Å². The molecule has 1 heterocycles. The Kier molecular flexibility index (Phi) is 4.93. The number of likely N-dealkylation sites (tertiary alicyclic amines) is 1. The fourth-order valence-electron chi connectivity index (χ4n) is 2.38. The molecule has 0 radical (unpaired) electrons. The first-order chi connectivity index (χ1) is 7.91. The summed E-state index contributed by atoms with van der Waals surface area (Å²) in [6.45, 7) is 5.56. The molecule has 0 aliphatic carbocycles. The van der Waals surface area contributed by atoms with Crippen LogP contribution in [0.1, 0.15) is 40.0 Å². The molecule has 5 heteroatoms. The van der Waals surface area contributed by atoms with Gasteiger partial charge in [-0.15, -0.1) is 0 Å². The van der Waals surface area contributed by atoms with Crippen molar-refractivity contribution >= 4 is 11.8 Å². The highest BCUT2D eigenvalue weighted by molar-refractivity contribution is 5.86. The SMILES string of the molecule is CC(=O)NC(C)C(=O)N1CCCC1CC(C)O. The van der Waals surface area contributed by atoms with Gasteiger partial charge in [0.15, 0.2) is 0 Å². The molecule has 2 N–H and O–H groups in total. The predicted octanol–water partition coefficient (Wildman–Crippen LogP) is 0.273. The van der Waals surface area contributed by atoms with Gasteiger partial charge in [0.2, 0.25) is 11.8 Å². The van der Waals surface area contributed by atoms with E-state index in [9.17, 15) is 14.7 Å². The summed E-state index contributed by atoms with van der Waals surface area (Å²) in [4.78, 5) is 24.8. The monoisotopic (exact) mass is 242 g/mol. The minimum absolute atomic E-state index is 0.0525. The number of rotatable bonds is 4. The normalized spacial score (nSPS) is 23.3. The van der Waals surface area contributed by atoms with Crippen LogP contribution in [0.4, 0.5) is 0 Å². The summed E-state index contributed by atoms with van der Waals surface area (Å²) in [5, 5.41) is 12.0. The van der Waals surface area contributed by atoms with Crippen molar-refractivity contribution in [3.8, 4) is 0 Å². The summed E-state index contributed by atoms with van der Waals surface area (Å²) in [5.74, 6) is -0.250. The van der Waals surface area contributed by atoms with Crippen molar-refractivity contribution in [1.82, 2.24) is 10.2 Å². The topological polar surface area (TPSA) is 69.6 Å². The Morgan fingerprint density at radius 3 is 2.65 bits per heavy atom. The second kappa shape index (κ2) is 6.00. The van der Waals surface area contributed by atoms with Gasteiger partial charge in [0.25, 0.3) is 0 Å². The predicted molar refractivity (Wildman–Crippen MR) is 64.3 cm³/mol. The molecule has 1 rings (SSSR count). The van der Waals surface area contributed by atoms with Crippen molar-refractivity contribution in [2.75, 3.05) is 6.54 Å². The molecule has 0 bridgehead atoms. The number of amides is 2. The molecular weight excluding hydrogens is 220 g/mol. The van der Waals surface area contributed by atoms with E-state index in [-0.39, 0.29) is 17.9 Å². The van der Waals surface area contributed by atoms with Gasteiger partial charge in [0, 0.05) is 19.5 Å². The van der Waals surface area contributed by atoms with E-state index in [4.69, 9.17) is 0 Å². The van der Waals surface area contributed by atoms with E-state index in [2.05, 4.69) is 5.32 Å². The second-order valence-corrected chi connectivity index (χ2v) is 4.83. The van der Waals surface area contributed by atoms with E-state index in [1.165, 1.54) is 6.92 Å². The maximum Gasteiger partial charge on any atom is 0.245 e. The number of aliphatic hydroxyl groups is 1. The third-order valence-electron chi connectivity index (χ3n) is 3.06. The number of carbonyl (C=O) groups is 2. The lowest BCUT2D eigenvalue weighted by atomic mass is 10.1. The minimum atomic E-state index is -0.484. The molecule has 0 aromatic carbocycles. The van der Waals surface area contributed by atoms with Gasteiger partial charge in [0.05, 0.1) is 6.10 Å². The summed E-state index contributed by atoms with van der Waals surface area (Å²) in [6, 6.07) is -0.374. The summed E-state index contributed by atoms with van der Waals surface area (Å²) < 4.78 is 0. The number of carbonyl (C=O) groups excluding carboxylic acids is 2. The Hall–Kier alpha value is -1.10. The minimum Gasteiger partial charge on any atom is -0.393 e. The third-order valence-corrected chi connectivity index (χ3v) is 3.06. The summed E-state index contributed by atoms with van der Waals surface area (Å²) in [6.07, 6.45) is 2.11. The van der Waals surface area contributed by atoms with Crippen LogP contribution in [-0.4, -0.2) is 46.6 Å². The highest BCUT2D eigenvalue weighted by atomic mass is 16.3. The molecule has 17 heavy (non-hydrogen) atoms. The molecule has 1 fully saturated rings. The molecule has 0 aromatic rings. The Labute approximate surface area is 102 Å². The Balaban J connectivity index is 2.57. The van der Waals surface area contributed by atoms with Gasteiger partial charge in [-0.3, -0.25) is 9.59 Å². The summed E-state index contributed by atoms with van der Waals surface area (Å²) >= 11 is 0. The van der Waals surface area contributed by atoms with E-state index >= 15 is 0 Å². The highest BCUT2D eigenvalue weighted by Crippen LogP contribution is 2.22. The Morgan fingerprint density at radius 2 is 2.12 bits per heavy atom. The zero-order valence-electron chi connectivity index (χ0n) is 10.8. The molecule has 0 saturated carbocycles. The zero-order valence-corrected chi connectivity index (χ0v) is 10.8. The summed E-state index contributed by atoms with van der Waals surface area (Å²) in [7, 11) is 0. The van der Waals surface area contributed by atoms with Crippen LogP contribution in [0.2, 0.25) is 0 Å².